The van der Waals surface area contributed by atoms with Gasteiger partial charge in [0, 0.05) is 11.4 Å². The van der Waals surface area contributed by atoms with Crippen molar-refractivity contribution >= 4 is 17.3 Å². The predicted molar refractivity (Wildman–Crippen MR) is 78.6 cm³/mol. The molecule has 0 radical (unpaired) electrons. The van der Waals surface area contributed by atoms with Crippen molar-refractivity contribution in [3.05, 3.63) is 47.3 Å². The Morgan fingerprint density at radius 1 is 1.30 bits per heavy atom. The molecule has 0 fully saturated rings. The van der Waals surface area contributed by atoms with E-state index in [1.165, 1.54) is 6.20 Å². The summed E-state index contributed by atoms with van der Waals surface area (Å²) in [5.74, 6) is 0.0659. The smallest absolute Gasteiger partial charge is 0.230 e. The molecular weight excluding hydrogens is 254 g/mol. The molecule has 0 aliphatic rings. The molecule has 2 aromatic rings. The number of amides is 1. The van der Waals surface area contributed by atoms with Gasteiger partial charge >= 0.3 is 0 Å². The van der Waals surface area contributed by atoms with Crippen LogP contribution in [0.2, 0.25) is 0 Å². The normalized spacial score (nSPS) is 10.3. The van der Waals surface area contributed by atoms with E-state index in [1.807, 2.05) is 6.92 Å². The maximum Gasteiger partial charge on any atom is 0.230 e. The molecule has 0 bridgehead atoms. The second-order valence-corrected chi connectivity index (χ2v) is 4.76. The largest absolute Gasteiger partial charge is 0.508 e. The Hall–Kier alpha value is -2.56. The average Bonchev–Trinajstić information content (AvgIpc) is 2.39. The van der Waals surface area contributed by atoms with Crippen molar-refractivity contribution in [1.29, 1.82) is 0 Å². The summed E-state index contributed by atoms with van der Waals surface area (Å²) in [4.78, 5) is 16.1. The molecule has 1 aromatic carbocycles. The van der Waals surface area contributed by atoms with Crippen LogP contribution in [-0.4, -0.2) is 16.0 Å². The fourth-order valence-corrected chi connectivity index (χ4v) is 1.84. The van der Waals surface area contributed by atoms with Crippen molar-refractivity contribution in [1.82, 2.24) is 4.98 Å². The molecule has 1 aromatic heterocycles. The fraction of sp³-hybridized carbons (Fsp3) is 0.200. The maximum absolute atomic E-state index is 12.0. The number of phenols is 1. The molecule has 0 unspecified atom stereocenters. The minimum atomic E-state index is -0.157. The zero-order valence-corrected chi connectivity index (χ0v) is 11.5. The second-order valence-electron chi connectivity index (χ2n) is 4.76. The summed E-state index contributed by atoms with van der Waals surface area (Å²) in [6.07, 6.45) is 1.71. The Balaban J connectivity index is 2.08. The van der Waals surface area contributed by atoms with E-state index >= 15 is 0 Å². The predicted octanol–water partition coefficient (Wildman–Crippen LogP) is 2.17. The molecule has 1 amide bonds. The molecule has 0 saturated heterocycles. The van der Waals surface area contributed by atoms with Gasteiger partial charge in [0.1, 0.15) is 5.75 Å². The number of nitrogen functional groups attached to an aromatic ring is 1. The summed E-state index contributed by atoms with van der Waals surface area (Å²) in [5.41, 5.74) is 9.00. The number of nitrogens with two attached hydrogens (primary N) is 1. The highest BCUT2D eigenvalue weighted by Crippen LogP contribution is 2.25. The number of rotatable bonds is 3. The van der Waals surface area contributed by atoms with Crippen molar-refractivity contribution in [2.45, 2.75) is 20.3 Å². The third-order valence-electron chi connectivity index (χ3n) is 3.01. The highest BCUT2D eigenvalue weighted by molar-refractivity contribution is 5.93. The van der Waals surface area contributed by atoms with E-state index in [4.69, 9.17) is 5.73 Å². The topological polar surface area (TPSA) is 88.2 Å². The third kappa shape index (κ3) is 3.26. The van der Waals surface area contributed by atoms with Crippen LogP contribution < -0.4 is 11.1 Å². The number of anilines is 2. The fourth-order valence-electron chi connectivity index (χ4n) is 1.84. The highest BCUT2D eigenvalue weighted by Gasteiger charge is 2.09. The van der Waals surface area contributed by atoms with Gasteiger partial charge in [-0.1, -0.05) is 0 Å². The van der Waals surface area contributed by atoms with Crippen LogP contribution in [0.15, 0.2) is 30.5 Å². The lowest BCUT2D eigenvalue weighted by Gasteiger charge is -2.10. The summed E-state index contributed by atoms with van der Waals surface area (Å²) in [7, 11) is 0. The Bertz CT molecular complexity index is 636. The van der Waals surface area contributed by atoms with E-state index in [1.54, 1.807) is 31.2 Å². The van der Waals surface area contributed by atoms with Crippen molar-refractivity contribution in [3.63, 3.8) is 0 Å². The zero-order chi connectivity index (χ0) is 14.7. The number of pyridine rings is 1. The molecule has 0 spiro atoms. The number of hydrogen-bond donors (Lipinski definition) is 3. The lowest BCUT2D eigenvalue weighted by molar-refractivity contribution is -0.115. The summed E-state index contributed by atoms with van der Waals surface area (Å²) in [6.45, 7) is 3.61. The minimum Gasteiger partial charge on any atom is -0.508 e. The second kappa shape index (κ2) is 5.61. The van der Waals surface area contributed by atoms with Gasteiger partial charge in [0.25, 0.3) is 0 Å². The van der Waals surface area contributed by atoms with Crippen LogP contribution in [0.25, 0.3) is 0 Å². The molecule has 0 atom stereocenters. The van der Waals surface area contributed by atoms with Crippen molar-refractivity contribution < 1.29 is 9.90 Å². The first kappa shape index (κ1) is 13.9. The Kier molecular flexibility index (Phi) is 3.89. The molecular formula is C15H17N3O2. The molecule has 0 aliphatic carbocycles. The number of carbonyl (C=O) groups is 1. The van der Waals surface area contributed by atoms with Gasteiger partial charge in [0.15, 0.2) is 0 Å². The van der Waals surface area contributed by atoms with E-state index < -0.39 is 0 Å². The van der Waals surface area contributed by atoms with E-state index in [0.29, 0.717) is 17.1 Å². The summed E-state index contributed by atoms with van der Waals surface area (Å²) in [5, 5.41) is 12.4. The zero-order valence-electron chi connectivity index (χ0n) is 11.5. The first-order chi connectivity index (χ1) is 9.45. The Morgan fingerprint density at radius 3 is 2.70 bits per heavy atom. The maximum atomic E-state index is 12.0. The van der Waals surface area contributed by atoms with Gasteiger partial charge in [0.2, 0.25) is 5.91 Å². The van der Waals surface area contributed by atoms with Crippen molar-refractivity contribution in [2.24, 2.45) is 0 Å². The number of benzene rings is 1. The van der Waals surface area contributed by atoms with E-state index in [-0.39, 0.29) is 18.1 Å². The van der Waals surface area contributed by atoms with Gasteiger partial charge in [-0.05, 0) is 49.2 Å². The lowest BCUT2D eigenvalue weighted by atomic mass is 10.1. The van der Waals surface area contributed by atoms with Crippen molar-refractivity contribution in [2.75, 3.05) is 11.1 Å². The molecule has 2 rings (SSSR count). The van der Waals surface area contributed by atoms with Crippen LogP contribution in [0.4, 0.5) is 11.4 Å². The monoisotopic (exact) mass is 271 g/mol. The number of phenolic OH excluding ortho intramolecular Hbond substituents is 1. The first-order valence-electron chi connectivity index (χ1n) is 6.26. The number of aromatic nitrogens is 1. The summed E-state index contributed by atoms with van der Waals surface area (Å²) >= 11 is 0. The van der Waals surface area contributed by atoms with Gasteiger partial charge in [0.05, 0.1) is 18.3 Å². The Morgan fingerprint density at radius 2 is 2.05 bits per heavy atom. The molecule has 104 valence electrons. The number of nitrogens with zero attached hydrogens (tertiary/aromatic N) is 1. The SMILES string of the molecule is Cc1cc(NC(=O)Cc2ccc(N)cn2)c(C)cc1O. The van der Waals surface area contributed by atoms with Crippen LogP contribution >= 0.6 is 0 Å². The van der Waals surface area contributed by atoms with E-state index in [2.05, 4.69) is 10.3 Å². The molecule has 5 heteroatoms. The molecule has 1 heterocycles. The molecule has 4 N–H and O–H groups in total. The number of nitrogens with one attached hydrogen (secondary N) is 1. The van der Waals surface area contributed by atoms with Gasteiger partial charge in [-0.2, -0.15) is 0 Å². The Labute approximate surface area is 117 Å². The van der Waals surface area contributed by atoms with Gasteiger partial charge < -0.3 is 16.2 Å². The first-order valence-corrected chi connectivity index (χ1v) is 6.26. The van der Waals surface area contributed by atoms with Gasteiger partial charge in [-0.25, -0.2) is 0 Å². The van der Waals surface area contributed by atoms with Crippen LogP contribution in [0.1, 0.15) is 16.8 Å². The average molecular weight is 271 g/mol. The summed E-state index contributed by atoms with van der Waals surface area (Å²) in [6, 6.07) is 6.82. The minimum absolute atomic E-state index is 0.157. The van der Waals surface area contributed by atoms with Gasteiger partial charge in [-0.3, -0.25) is 9.78 Å². The van der Waals surface area contributed by atoms with Crippen LogP contribution in [0.3, 0.4) is 0 Å². The van der Waals surface area contributed by atoms with Crippen molar-refractivity contribution in [3.8, 4) is 5.75 Å². The summed E-state index contributed by atoms with van der Waals surface area (Å²) < 4.78 is 0. The van der Waals surface area contributed by atoms with Crippen LogP contribution in [0, 0.1) is 13.8 Å². The molecule has 0 saturated carbocycles. The quantitative estimate of drug-likeness (QED) is 0.746. The van der Waals surface area contributed by atoms with E-state index in [0.717, 1.165) is 11.1 Å². The third-order valence-corrected chi connectivity index (χ3v) is 3.01. The highest BCUT2D eigenvalue weighted by atomic mass is 16.3. The molecule has 20 heavy (non-hydrogen) atoms. The standard InChI is InChI=1S/C15H17N3O2/c1-9-6-14(19)10(2)5-13(9)18-15(20)7-12-4-3-11(16)8-17-12/h3-6,8,19H,7,16H2,1-2H3,(H,18,20). The molecule has 0 aliphatic heterocycles. The number of aromatic hydroxyl groups is 1. The molecule has 5 nitrogen and oxygen atoms in total. The van der Waals surface area contributed by atoms with Crippen LogP contribution in [-0.2, 0) is 11.2 Å². The number of aryl methyl sites for hydroxylation is 2. The van der Waals surface area contributed by atoms with E-state index in [9.17, 15) is 9.90 Å². The number of carbonyl (C=O) groups excluding carboxylic acids is 1. The van der Waals surface area contributed by atoms with Gasteiger partial charge in [-0.15, -0.1) is 0 Å². The lowest BCUT2D eigenvalue weighted by Crippen LogP contribution is -2.16. The van der Waals surface area contributed by atoms with Crippen LogP contribution in [0.5, 0.6) is 5.75 Å². The number of hydrogen-bond acceptors (Lipinski definition) is 4.